The fraction of sp³-hybridized carbons (Fsp3) is 0.273. The Morgan fingerprint density at radius 2 is 1.60 bits per heavy atom. The molecule has 30 heavy (non-hydrogen) atoms. The Morgan fingerprint density at radius 3 is 2.23 bits per heavy atom. The second-order valence-electron chi connectivity index (χ2n) is 7.16. The van der Waals surface area contributed by atoms with Crippen molar-refractivity contribution < 1.29 is 9.59 Å². The summed E-state index contributed by atoms with van der Waals surface area (Å²) < 4.78 is 1.80. The third kappa shape index (κ3) is 5.48. The monoisotopic (exact) mass is 423 g/mol. The van der Waals surface area contributed by atoms with Gasteiger partial charge in [0.1, 0.15) is 0 Å². The molecule has 3 aromatic rings. The van der Waals surface area contributed by atoms with E-state index in [9.17, 15) is 9.59 Å². The van der Waals surface area contributed by atoms with Crippen LogP contribution in [-0.2, 0) is 11.8 Å². The zero-order valence-electron chi connectivity index (χ0n) is 17.5. The van der Waals surface area contributed by atoms with Gasteiger partial charge in [-0.15, -0.1) is 10.2 Å². The van der Waals surface area contributed by atoms with E-state index in [2.05, 4.69) is 20.8 Å². The standard InChI is InChI=1S/C22H25N5O2S/c1-14-5-9-17(10-6-14)21(29)23-16(3)20-25-26-22(27(20)4)30-13-19(28)24-18-11-7-15(2)8-12-18/h5-12,16H,13H2,1-4H3,(H,23,29)(H,24,28)/t16-/m0/s1. The molecule has 8 heteroatoms. The normalized spacial score (nSPS) is 11.7. The van der Waals surface area contributed by atoms with Crippen LogP contribution in [0.5, 0.6) is 0 Å². The van der Waals surface area contributed by atoms with E-state index in [0.717, 1.165) is 16.8 Å². The number of rotatable bonds is 7. The Hall–Kier alpha value is -3.13. The summed E-state index contributed by atoms with van der Waals surface area (Å²) in [5.74, 6) is 0.549. The van der Waals surface area contributed by atoms with E-state index in [4.69, 9.17) is 0 Å². The van der Waals surface area contributed by atoms with Gasteiger partial charge in [-0.25, -0.2) is 0 Å². The molecule has 0 aliphatic heterocycles. The van der Waals surface area contributed by atoms with Crippen molar-refractivity contribution in [3.63, 3.8) is 0 Å². The third-order valence-electron chi connectivity index (χ3n) is 4.58. The van der Waals surface area contributed by atoms with Gasteiger partial charge in [0, 0.05) is 18.3 Å². The highest BCUT2D eigenvalue weighted by Crippen LogP contribution is 2.20. The molecule has 156 valence electrons. The molecule has 7 nitrogen and oxygen atoms in total. The first-order valence-corrected chi connectivity index (χ1v) is 10.6. The number of amides is 2. The summed E-state index contributed by atoms with van der Waals surface area (Å²) in [5.41, 5.74) is 3.59. The van der Waals surface area contributed by atoms with Crippen LogP contribution in [-0.4, -0.2) is 32.3 Å². The van der Waals surface area contributed by atoms with E-state index < -0.39 is 0 Å². The van der Waals surface area contributed by atoms with Gasteiger partial charge in [0.05, 0.1) is 11.8 Å². The zero-order valence-corrected chi connectivity index (χ0v) is 18.3. The minimum atomic E-state index is -0.327. The van der Waals surface area contributed by atoms with Gasteiger partial charge in [-0.2, -0.15) is 0 Å². The number of aryl methyl sites for hydroxylation is 2. The molecule has 0 aliphatic carbocycles. The number of nitrogens with one attached hydrogen (secondary N) is 2. The van der Waals surface area contributed by atoms with Crippen LogP contribution in [0.4, 0.5) is 5.69 Å². The van der Waals surface area contributed by atoms with Crippen molar-refractivity contribution in [1.82, 2.24) is 20.1 Å². The molecule has 2 amide bonds. The molecular weight excluding hydrogens is 398 g/mol. The number of hydrogen-bond acceptors (Lipinski definition) is 5. The number of hydrogen-bond donors (Lipinski definition) is 2. The molecule has 0 radical (unpaired) electrons. The number of carbonyl (C=O) groups excluding carboxylic acids is 2. The van der Waals surface area contributed by atoms with Crippen LogP contribution in [0.25, 0.3) is 0 Å². The van der Waals surface area contributed by atoms with Crippen LogP contribution in [0.1, 0.15) is 40.3 Å². The lowest BCUT2D eigenvalue weighted by Crippen LogP contribution is -2.28. The number of thioether (sulfide) groups is 1. The molecule has 2 aromatic carbocycles. The molecule has 0 spiro atoms. The molecule has 1 aromatic heterocycles. The van der Waals surface area contributed by atoms with Crippen LogP contribution >= 0.6 is 11.8 Å². The van der Waals surface area contributed by atoms with Crippen molar-refractivity contribution in [1.29, 1.82) is 0 Å². The third-order valence-corrected chi connectivity index (χ3v) is 5.61. The van der Waals surface area contributed by atoms with Crippen LogP contribution < -0.4 is 10.6 Å². The second-order valence-corrected chi connectivity index (χ2v) is 8.11. The van der Waals surface area contributed by atoms with Crippen molar-refractivity contribution >= 4 is 29.3 Å². The minimum absolute atomic E-state index is 0.117. The predicted molar refractivity (Wildman–Crippen MR) is 119 cm³/mol. The van der Waals surface area contributed by atoms with Crippen LogP contribution in [0.15, 0.2) is 53.7 Å². The van der Waals surface area contributed by atoms with Gasteiger partial charge < -0.3 is 15.2 Å². The summed E-state index contributed by atoms with van der Waals surface area (Å²) in [7, 11) is 1.82. The largest absolute Gasteiger partial charge is 0.342 e. The topological polar surface area (TPSA) is 88.9 Å². The van der Waals surface area contributed by atoms with E-state index >= 15 is 0 Å². The smallest absolute Gasteiger partial charge is 0.251 e. The number of aromatic nitrogens is 3. The Balaban J connectivity index is 1.56. The van der Waals surface area contributed by atoms with Crippen molar-refractivity contribution in [2.75, 3.05) is 11.1 Å². The SMILES string of the molecule is Cc1ccc(NC(=O)CSc2nnc([C@H](C)NC(=O)c3ccc(C)cc3)n2C)cc1. The Labute approximate surface area is 180 Å². The van der Waals surface area contributed by atoms with E-state index in [0.29, 0.717) is 16.5 Å². The maximum atomic E-state index is 12.4. The highest BCUT2D eigenvalue weighted by atomic mass is 32.2. The number of benzene rings is 2. The summed E-state index contributed by atoms with van der Waals surface area (Å²) in [6.45, 7) is 5.83. The maximum absolute atomic E-state index is 12.4. The average Bonchev–Trinajstić information content (AvgIpc) is 3.09. The Kier molecular flexibility index (Phi) is 6.89. The average molecular weight is 424 g/mol. The fourth-order valence-electron chi connectivity index (χ4n) is 2.84. The van der Waals surface area contributed by atoms with Gasteiger partial charge in [0.25, 0.3) is 5.91 Å². The lowest BCUT2D eigenvalue weighted by atomic mass is 10.1. The summed E-state index contributed by atoms with van der Waals surface area (Å²) in [5, 5.41) is 14.8. The lowest BCUT2D eigenvalue weighted by Gasteiger charge is -2.13. The first kappa shape index (κ1) is 21.6. The van der Waals surface area contributed by atoms with Crippen LogP contribution in [0.2, 0.25) is 0 Å². The molecule has 0 saturated carbocycles. The zero-order chi connectivity index (χ0) is 21.7. The molecular formula is C22H25N5O2S. The maximum Gasteiger partial charge on any atom is 0.251 e. The van der Waals surface area contributed by atoms with E-state index in [1.54, 1.807) is 16.7 Å². The van der Waals surface area contributed by atoms with Crippen molar-refractivity contribution in [3.05, 3.63) is 71.0 Å². The summed E-state index contributed by atoms with van der Waals surface area (Å²) in [6, 6.07) is 14.7. The van der Waals surface area contributed by atoms with Crippen molar-refractivity contribution in [2.24, 2.45) is 7.05 Å². The number of nitrogens with zero attached hydrogens (tertiary/aromatic N) is 3. The summed E-state index contributed by atoms with van der Waals surface area (Å²) in [4.78, 5) is 24.6. The first-order chi connectivity index (χ1) is 14.3. The van der Waals surface area contributed by atoms with Gasteiger partial charge in [-0.1, -0.05) is 47.2 Å². The van der Waals surface area contributed by atoms with Gasteiger partial charge in [0.15, 0.2) is 11.0 Å². The van der Waals surface area contributed by atoms with Gasteiger partial charge in [0.2, 0.25) is 5.91 Å². The first-order valence-electron chi connectivity index (χ1n) is 9.59. The van der Waals surface area contributed by atoms with Gasteiger partial charge in [-0.05, 0) is 45.0 Å². The summed E-state index contributed by atoms with van der Waals surface area (Å²) >= 11 is 1.30. The fourth-order valence-corrected chi connectivity index (χ4v) is 3.56. The van der Waals surface area contributed by atoms with Crippen molar-refractivity contribution in [2.45, 2.75) is 32.0 Å². The summed E-state index contributed by atoms with van der Waals surface area (Å²) in [6.07, 6.45) is 0. The molecule has 1 atom stereocenters. The van der Waals surface area contributed by atoms with Gasteiger partial charge >= 0.3 is 0 Å². The lowest BCUT2D eigenvalue weighted by molar-refractivity contribution is -0.113. The molecule has 0 aliphatic rings. The highest BCUT2D eigenvalue weighted by molar-refractivity contribution is 7.99. The van der Waals surface area contributed by atoms with E-state index in [1.807, 2.05) is 64.2 Å². The molecule has 1 heterocycles. The number of carbonyl (C=O) groups is 2. The van der Waals surface area contributed by atoms with Gasteiger partial charge in [-0.3, -0.25) is 9.59 Å². The molecule has 2 N–H and O–H groups in total. The Bertz CT molecular complexity index is 1030. The predicted octanol–water partition coefficient (Wildman–Crippen LogP) is 3.65. The molecule has 0 unspecified atom stereocenters. The van der Waals surface area contributed by atoms with E-state index in [1.165, 1.54) is 11.8 Å². The minimum Gasteiger partial charge on any atom is -0.342 e. The molecule has 3 rings (SSSR count). The van der Waals surface area contributed by atoms with Crippen molar-refractivity contribution in [3.8, 4) is 0 Å². The van der Waals surface area contributed by atoms with Crippen LogP contribution in [0, 0.1) is 13.8 Å². The molecule has 0 fully saturated rings. The van der Waals surface area contributed by atoms with Crippen LogP contribution in [0.3, 0.4) is 0 Å². The highest BCUT2D eigenvalue weighted by Gasteiger charge is 2.19. The quantitative estimate of drug-likeness (QED) is 0.566. The number of anilines is 1. The Morgan fingerprint density at radius 1 is 1.00 bits per heavy atom. The molecule has 0 bridgehead atoms. The van der Waals surface area contributed by atoms with E-state index in [-0.39, 0.29) is 23.6 Å². The molecule has 0 saturated heterocycles. The second kappa shape index (κ2) is 9.58.